The Bertz CT molecular complexity index is 785. The van der Waals surface area contributed by atoms with E-state index in [9.17, 15) is 13.5 Å². The van der Waals surface area contributed by atoms with Crippen LogP contribution in [0.3, 0.4) is 0 Å². The maximum atomic E-state index is 12.6. The minimum atomic E-state index is -3.52. The molecule has 0 bridgehead atoms. The minimum absolute atomic E-state index is 0.0507. The quantitative estimate of drug-likeness (QED) is 0.922. The van der Waals surface area contributed by atoms with Crippen molar-refractivity contribution in [3.8, 4) is 5.75 Å². The molecule has 3 rings (SSSR count). The zero-order chi connectivity index (χ0) is 16.4. The summed E-state index contributed by atoms with van der Waals surface area (Å²) in [6.45, 7) is 2.04. The summed E-state index contributed by atoms with van der Waals surface area (Å²) in [5.41, 5.74) is 0.999. The van der Waals surface area contributed by atoms with Gasteiger partial charge in [0, 0.05) is 36.9 Å². The van der Waals surface area contributed by atoms with Crippen molar-refractivity contribution in [2.24, 2.45) is 0 Å². The maximum absolute atomic E-state index is 12.6. The standard InChI is InChI=1S/C16H17ClN2O3S/c17-13-2-1-3-14(12-13)18-8-10-19(11-9-18)23(21,22)16-6-4-15(20)5-7-16/h1-7,12,20H,8-11H2. The second-order valence-corrected chi connectivity index (χ2v) is 7.74. The molecule has 0 aliphatic carbocycles. The number of halogens is 1. The second-order valence-electron chi connectivity index (χ2n) is 5.36. The molecular formula is C16H17ClN2O3S. The lowest BCUT2D eigenvalue weighted by Crippen LogP contribution is -2.48. The molecule has 5 nitrogen and oxygen atoms in total. The van der Waals surface area contributed by atoms with E-state index in [0.717, 1.165) is 5.69 Å². The Labute approximate surface area is 140 Å². The van der Waals surface area contributed by atoms with Gasteiger partial charge in [-0.3, -0.25) is 0 Å². The molecule has 0 saturated carbocycles. The van der Waals surface area contributed by atoms with Gasteiger partial charge in [-0.15, -0.1) is 0 Å². The third kappa shape index (κ3) is 3.44. The summed E-state index contributed by atoms with van der Waals surface area (Å²) >= 11 is 6.00. The number of anilines is 1. The number of hydrogen-bond donors (Lipinski definition) is 1. The molecule has 1 heterocycles. The zero-order valence-corrected chi connectivity index (χ0v) is 14.0. The summed E-state index contributed by atoms with van der Waals surface area (Å²) in [5.74, 6) is 0.0507. The van der Waals surface area contributed by atoms with Crippen molar-refractivity contribution < 1.29 is 13.5 Å². The fraction of sp³-hybridized carbons (Fsp3) is 0.250. The smallest absolute Gasteiger partial charge is 0.243 e. The molecule has 1 aliphatic rings. The first kappa shape index (κ1) is 16.1. The highest BCUT2D eigenvalue weighted by molar-refractivity contribution is 7.89. The van der Waals surface area contributed by atoms with Crippen molar-refractivity contribution in [1.82, 2.24) is 4.31 Å². The lowest BCUT2D eigenvalue weighted by atomic mass is 10.2. The molecule has 23 heavy (non-hydrogen) atoms. The fourth-order valence-electron chi connectivity index (χ4n) is 2.63. The van der Waals surface area contributed by atoms with Crippen LogP contribution in [0.5, 0.6) is 5.75 Å². The first-order chi connectivity index (χ1) is 11.0. The molecule has 0 atom stereocenters. The number of phenolic OH excluding ortho intramolecular Hbond substituents is 1. The van der Waals surface area contributed by atoms with E-state index >= 15 is 0 Å². The van der Waals surface area contributed by atoms with Crippen LogP contribution in [-0.2, 0) is 10.0 Å². The van der Waals surface area contributed by atoms with E-state index in [1.807, 2.05) is 24.3 Å². The topological polar surface area (TPSA) is 60.9 Å². The normalized spacial score (nSPS) is 16.5. The van der Waals surface area contributed by atoms with Gasteiger partial charge in [0.2, 0.25) is 10.0 Å². The molecule has 1 aliphatic heterocycles. The lowest BCUT2D eigenvalue weighted by molar-refractivity contribution is 0.385. The largest absolute Gasteiger partial charge is 0.508 e. The van der Waals surface area contributed by atoms with E-state index in [1.165, 1.54) is 28.6 Å². The third-order valence-corrected chi connectivity index (χ3v) is 6.03. The van der Waals surface area contributed by atoms with E-state index in [-0.39, 0.29) is 10.6 Å². The average Bonchev–Trinajstić information content (AvgIpc) is 2.55. The van der Waals surface area contributed by atoms with Crippen molar-refractivity contribution in [1.29, 1.82) is 0 Å². The van der Waals surface area contributed by atoms with Gasteiger partial charge in [-0.2, -0.15) is 4.31 Å². The maximum Gasteiger partial charge on any atom is 0.243 e. The van der Waals surface area contributed by atoms with Gasteiger partial charge in [-0.05, 0) is 42.5 Å². The fourth-order valence-corrected chi connectivity index (χ4v) is 4.23. The lowest BCUT2D eigenvalue weighted by Gasteiger charge is -2.35. The second kappa shape index (κ2) is 6.39. The van der Waals surface area contributed by atoms with Crippen molar-refractivity contribution in [3.63, 3.8) is 0 Å². The molecule has 1 saturated heterocycles. The van der Waals surface area contributed by atoms with Crippen molar-refractivity contribution in [3.05, 3.63) is 53.6 Å². The molecule has 122 valence electrons. The number of sulfonamides is 1. The highest BCUT2D eigenvalue weighted by atomic mass is 35.5. The number of rotatable bonds is 3. The first-order valence-corrected chi connectivity index (χ1v) is 9.08. The number of benzene rings is 2. The van der Waals surface area contributed by atoms with Gasteiger partial charge in [-0.25, -0.2) is 8.42 Å². The molecule has 2 aromatic rings. The number of piperazine rings is 1. The molecule has 7 heteroatoms. The predicted molar refractivity (Wildman–Crippen MR) is 90.5 cm³/mol. The molecule has 0 radical (unpaired) electrons. The van der Waals surface area contributed by atoms with Crippen LogP contribution in [0.2, 0.25) is 5.02 Å². The van der Waals surface area contributed by atoms with E-state index in [4.69, 9.17) is 11.6 Å². The summed E-state index contributed by atoms with van der Waals surface area (Å²) in [6.07, 6.45) is 0. The number of phenols is 1. The van der Waals surface area contributed by atoms with Crippen LogP contribution in [0.4, 0.5) is 5.69 Å². The summed E-state index contributed by atoms with van der Waals surface area (Å²) in [4.78, 5) is 2.32. The summed E-state index contributed by atoms with van der Waals surface area (Å²) in [7, 11) is -3.52. The molecule has 2 aromatic carbocycles. The van der Waals surface area contributed by atoms with Crippen molar-refractivity contribution in [2.45, 2.75) is 4.90 Å². The Hall–Kier alpha value is -1.76. The Morgan fingerprint density at radius 1 is 0.957 bits per heavy atom. The average molecular weight is 353 g/mol. The van der Waals surface area contributed by atoms with Gasteiger partial charge in [0.1, 0.15) is 5.75 Å². The van der Waals surface area contributed by atoms with Gasteiger partial charge in [0.25, 0.3) is 0 Å². The van der Waals surface area contributed by atoms with Crippen LogP contribution < -0.4 is 4.90 Å². The molecule has 1 fully saturated rings. The Morgan fingerprint density at radius 3 is 2.22 bits per heavy atom. The number of hydrogen-bond acceptors (Lipinski definition) is 4. The summed E-state index contributed by atoms with van der Waals surface area (Å²) in [6, 6.07) is 13.2. The molecular weight excluding hydrogens is 336 g/mol. The van der Waals surface area contributed by atoms with Crippen LogP contribution >= 0.6 is 11.6 Å². The number of nitrogens with zero attached hydrogens (tertiary/aromatic N) is 2. The van der Waals surface area contributed by atoms with E-state index < -0.39 is 10.0 Å². The summed E-state index contributed by atoms with van der Waals surface area (Å²) < 4.78 is 26.7. The molecule has 0 spiro atoms. The zero-order valence-electron chi connectivity index (χ0n) is 12.4. The first-order valence-electron chi connectivity index (χ1n) is 7.26. The highest BCUT2D eigenvalue weighted by Gasteiger charge is 2.28. The summed E-state index contributed by atoms with van der Waals surface area (Å²) in [5, 5.41) is 9.96. The third-order valence-electron chi connectivity index (χ3n) is 3.89. The van der Waals surface area contributed by atoms with Crippen molar-refractivity contribution >= 4 is 27.3 Å². The van der Waals surface area contributed by atoms with Gasteiger partial charge in [0.05, 0.1) is 4.90 Å². The molecule has 0 aromatic heterocycles. The van der Waals surface area contributed by atoms with Gasteiger partial charge in [-0.1, -0.05) is 17.7 Å². The minimum Gasteiger partial charge on any atom is -0.508 e. The van der Waals surface area contributed by atoms with Gasteiger partial charge in [0.15, 0.2) is 0 Å². The molecule has 1 N–H and O–H groups in total. The predicted octanol–water partition coefficient (Wildman–Crippen LogP) is 2.56. The monoisotopic (exact) mass is 352 g/mol. The van der Waals surface area contributed by atoms with Crippen LogP contribution in [-0.4, -0.2) is 44.0 Å². The Morgan fingerprint density at radius 2 is 1.61 bits per heavy atom. The molecule has 0 amide bonds. The Balaban J connectivity index is 1.72. The van der Waals surface area contributed by atoms with Crippen LogP contribution in [0.15, 0.2) is 53.4 Å². The number of aromatic hydroxyl groups is 1. The highest BCUT2D eigenvalue weighted by Crippen LogP contribution is 2.24. The van der Waals surface area contributed by atoms with Crippen LogP contribution in [0, 0.1) is 0 Å². The van der Waals surface area contributed by atoms with E-state index in [2.05, 4.69) is 4.90 Å². The van der Waals surface area contributed by atoms with Gasteiger partial charge < -0.3 is 10.0 Å². The van der Waals surface area contributed by atoms with Crippen LogP contribution in [0.25, 0.3) is 0 Å². The SMILES string of the molecule is O=S(=O)(c1ccc(O)cc1)N1CCN(c2cccc(Cl)c2)CC1. The van der Waals surface area contributed by atoms with Crippen LogP contribution in [0.1, 0.15) is 0 Å². The Kier molecular flexibility index (Phi) is 4.48. The van der Waals surface area contributed by atoms with E-state index in [0.29, 0.717) is 31.2 Å². The van der Waals surface area contributed by atoms with Crippen molar-refractivity contribution in [2.75, 3.05) is 31.1 Å². The molecule has 0 unspecified atom stereocenters. The van der Waals surface area contributed by atoms with E-state index in [1.54, 1.807) is 0 Å². The van der Waals surface area contributed by atoms with Gasteiger partial charge >= 0.3 is 0 Å².